The first-order valence-corrected chi connectivity index (χ1v) is 6.56. The number of halogens is 1. The van der Waals surface area contributed by atoms with Crippen molar-refractivity contribution in [2.24, 2.45) is 11.8 Å². The molecule has 0 saturated heterocycles. The van der Waals surface area contributed by atoms with E-state index in [1.165, 1.54) is 24.3 Å². The smallest absolute Gasteiger partial charge is 0.223 e. The SMILES string of the molecule is CC(C)C(C)C(=O)NC(C)C(O)c1ccc(F)cc1. The molecule has 0 aromatic heterocycles. The Bertz CT molecular complexity index is 417. The monoisotopic (exact) mass is 267 g/mol. The fourth-order valence-corrected chi connectivity index (χ4v) is 1.69. The van der Waals surface area contributed by atoms with Gasteiger partial charge in [0, 0.05) is 5.92 Å². The lowest BCUT2D eigenvalue weighted by Crippen LogP contribution is -2.41. The van der Waals surface area contributed by atoms with Crippen LogP contribution in [0, 0.1) is 17.7 Å². The van der Waals surface area contributed by atoms with Crippen LogP contribution in [0.3, 0.4) is 0 Å². The van der Waals surface area contributed by atoms with Crippen LogP contribution in [0.2, 0.25) is 0 Å². The Kier molecular flexibility index (Phi) is 5.48. The number of hydrogen-bond acceptors (Lipinski definition) is 2. The van der Waals surface area contributed by atoms with Gasteiger partial charge in [-0.15, -0.1) is 0 Å². The van der Waals surface area contributed by atoms with Gasteiger partial charge in [0.25, 0.3) is 0 Å². The zero-order chi connectivity index (χ0) is 14.6. The lowest BCUT2D eigenvalue weighted by Gasteiger charge is -2.23. The highest BCUT2D eigenvalue weighted by Crippen LogP contribution is 2.18. The predicted molar refractivity (Wildman–Crippen MR) is 73.0 cm³/mol. The number of hydrogen-bond donors (Lipinski definition) is 2. The van der Waals surface area contributed by atoms with Crippen molar-refractivity contribution in [2.75, 3.05) is 0 Å². The Hall–Kier alpha value is -1.42. The van der Waals surface area contributed by atoms with Crippen LogP contribution in [-0.4, -0.2) is 17.1 Å². The molecular formula is C15H22FNO2. The van der Waals surface area contributed by atoms with E-state index in [4.69, 9.17) is 0 Å². The molecular weight excluding hydrogens is 245 g/mol. The summed E-state index contributed by atoms with van der Waals surface area (Å²) < 4.78 is 12.8. The van der Waals surface area contributed by atoms with Crippen LogP contribution in [-0.2, 0) is 4.79 Å². The number of carbonyl (C=O) groups excluding carboxylic acids is 1. The molecule has 0 heterocycles. The lowest BCUT2D eigenvalue weighted by atomic mass is 9.96. The molecule has 0 saturated carbocycles. The van der Waals surface area contributed by atoms with Gasteiger partial charge >= 0.3 is 0 Å². The number of aliphatic hydroxyl groups is 1. The Morgan fingerprint density at radius 1 is 1.16 bits per heavy atom. The third kappa shape index (κ3) is 4.31. The van der Waals surface area contributed by atoms with Gasteiger partial charge in [0.2, 0.25) is 5.91 Å². The van der Waals surface area contributed by atoms with Gasteiger partial charge in [0.15, 0.2) is 0 Å². The summed E-state index contributed by atoms with van der Waals surface area (Å²) >= 11 is 0. The Labute approximate surface area is 113 Å². The third-order valence-electron chi connectivity index (χ3n) is 3.47. The highest BCUT2D eigenvalue weighted by molar-refractivity contribution is 5.78. The average molecular weight is 267 g/mol. The number of carbonyl (C=O) groups is 1. The van der Waals surface area contributed by atoms with Crippen molar-refractivity contribution in [2.45, 2.75) is 39.8 Å². The molecule has 1 rings (SSSR count). The highest BCUT2D eigenvalue weighted by atomic mass is 19.1. The summed E-state index contributed by atoms with van der Waals surface area (Å²) in [6.45, 7) is 7.55. The quantitative estimate of drug-likeness (QED) is 0.861. The fourth-order valence-electron chi connectivity index (χ4n) is 1.69. The second-order valence-electron chi connectivity index (χ2n) is 5.33. The molecule has 1 aromatic rings. The van der Waals surface area contributed by atoms with Crippen molar-refractivity contribution in [3.8, 4) is 0 Å². The van der Waals surface area contributed by atoms with Crippen molar-refractivity contribution in [1.82, 2.24) is 5.32 Å². The van der Waals surface area contributed by atoms with Gasteiger partial charge in [-0.25, -0.2) is 4.39 Å². The van der Waals surface area contributed by atoms with Crippen LogP contribution in [0.25, 0.3) is 0 Å². The zero-order valence-corrected chi connectivity index (χ0v) is 11.9. The van der Waals surface area contributed by atoms with Crippen LogP contribution in [0.4, 0.5) is 4.39 Å². The summed E-state index contributed by atoms with van der Waals surface area (Å²) in [6.07, 6.45) is -0.844. The molecule has 3 unspecified atom stereocenters. The molecule has 106 valence electrons. The van der Waals surface area contributed by atoms with Crippen molar-refractivity contribution in [3.05, 3.63) is 35.6 Å². The van der Waals surface area contributed by atoms with Crippen molar-refractivity contribution in [3.63, 3.8) is 0 Å². The number of nitrogens with one attached hydrogen (secondary N) is 1. The highest BCUT2D eigenvalue weighted by Gasteiger charge is 2.22. The molecule has 1 amide bonds. The van der Waals surface area contributed by atoms with E-state index < -0.39 is 12.1 Å². The maximum absolute atomic E-state index is 12.8. The topological polar surface area (TPSA) is 49.3 Å². The van der Waals surface area contributed by atoms with E-state index in [0.717, 1.165) is 0 Å². The molecule has 0 aliphatic rings. The van der Waals surface area contributed by atoms with Crippen LogP contribution in [0.1, 0.15) is 39.4 Å². The van der Waals surface area contributed by atoms with Gasteiger partial charge in [-0.1, -0.05) is 32.9 Å². The van der Waals surface area contributed by atoms with E-state index in [9.17, 15) is 14.3 Å². The van der Waals surface area contributed by atoms with Crippen LogP contribution in [0.15, 0.2) is 24.3 Å². The third-order valence-corrected chi connectivity index (χ3v) is 3.47. The first kappa shape index (κ1) is 15.6. The van der Waals surface area contributed by atoms with E-state index >= 15 is 0 Å². The van der Waals surface area contributed by atoms with E-state index in [2.05, 4.69) is 5.32 Å². The molecule has 3 nitrogen and oxygen atoms in total. The molecule has 0 bridgehead atoms. The molecule has 3 atom stereocenters. The Morgan fingerprint density at radius 2 is 1.68 bits per heavy atom. The number of rotatable bonds is 5. The van der Waals surface area contributed by atoms with Gasteiger partial charge < -0.3 is 10.4 Å². The molecule has 0 fully saturated rings. The minimum Gasteiger partial charge on any atom is -0.386 e. The van der Waals surface area contributed by atoms with Crippen LogP contribution < -0.4 is 5.32 Å². The first-order valence-electron chi connectivity index (χ1n) is 6.56. The zero-order valence-electron chi connectivity index (χ0n) is 11.9. The van der Waals surface area contributed by atoms with Gasteiger partial charge in [0.1, 0.15) is 5.82 Å². The summed E-state index contributed by atoms with van der Waals surface area (Å²) in [5, 5.41) is 12.9. The summed E-state index contributed by atoms with van der Waals surface area (Å²) in [6, 6.07) is 5.22. The number of benzene rings is 1. The maximum atomic E-state index is 12.8. The number of aliphatic hydroxyl groups excluding tert-OH is 1. The van der Waals surface area contributed by atoms with E-state index in [0.29, 0.717) is 5.56 Å². The normalized spacial score (nSPS) is 15.9. The van der Waals surface area contributed by atoms with E-state index in [-0.39, 0.29) is 23.6 Å². The van der Waals surface area contributed by atoms with E-state index in [1.807, 2.05) is 20.8 Å². The molecule has 0 spiro atoms. The number of amides is 1. The summed E-state index contributed by atoms with van der Waals surface area (Å²) in [5.74, 6) is -0.289. The molecule has 0 radical (unpaired) electrons. The molecule has 2 N–H and O–H groups in total. The van der Waals surface area contributed by atoms with Crippen LogP contribution in [0.5, 0.6) is 0 Å². The maximum Gasteiger partial charge on any atom is 0.223 e. The second kappa shape index (κ2) is 6.66. The standard InChI is InChI=1S/C15H22FNO2/c1-9(2)10(3)15(19)17-11(4)14(18)12-5-7-13(16)8-6-12/h5-11,14,18H,1-4H3,(H,17,19). The van der Waals surface area contributed by atoms with Crippen LogP contribution >= 0.6 is 0 Å². The van der Waals surface area contributed by atoms with Gasteiger partial charge in [0.05, 0.1) is 12.1 Å². The summed E-state index contributed by atoms with van der Waals surface area (Å²) in [5.41, 5.74) is 0.589. The minimum absolute atomic E-state index is 0.0799. The predicted octanol–water partition coefficient (Wildman–Crippen LogP) is 2.66. The summed E-state index contributed by atoms with van der Waals surface area (Å²) in [4.78, 5) is 11.9. The molecule has 0 aliphatic carbocycles. The molecule has 19 heavy (non-hydrogen) atoms. The van der Waals surface area contributed by atoms with E-state index in [1.54, 1.807) is 6.92 Å². The second-order valence-corrected chi connectivity index (χ2v) is 5.33. The Balaban J connectivity index is 2.65. The largest absolute Gasteiger partial charge is 0.386 e. The van der Waals surface area contributed by atoms with Crippen molar-refractivity contribution < 1.29 is 14.3 Å². The Morgan fingerprint density at radius 3 is 2.16 bits per heavy atom. The first-order chi connectivity index (χ1) is 8.82. The van der Waals surface area contributed by atoms with Gasteiger partial charge in [-0.05, 0) is 30.5 Å². The van der Waals surface area contributed by atoms with Gasteiger partial charge in [-0.3, -0.25) is 4.79 Å². The molecule has 1 aromatic carbocycles. The molecule has 4 heteroatoms. The van der Waals surface area contributed by atoms with Crippen molar-refractivity contribution >= 4 is 5.91 Å². The fraction of sp³-hybridized carbons (Fsp3) is 0.533. The summed E-state index contributed by atoms with van der Waals surface area (Å²) in [7, 11) is 0. The minimum atomic E-state index is -0.844. The van der Waals surface area contributed by atoms with Gasteiger partial charge in [-0.2, -0.15) is 0 Å². The molecule has 0 aliphatic heterocycles. The average Bonchev–Trinajstić information content (AvgIpc) is 2.37. The van der Waals surface area contributed by atoms with Crippen molar-refractivity contribution in [1.29, 1.82) is 0 Å². The lowest BCUT2D eigenvalue weighted by molar-refractivity contribution is -0.127.